The third kappa shape index (κ3) is 4.50. The number of carbonyl (C=O) groups excluding carboxylic acids is 2. The molecule has 0 spiro atoms. The summed E-state index contributed by atoms with van der Waals surface area (Å²) in [5.74, 6) is 0.201. The summed E-state index contributed by atoms with van der Waals surface area (Å²) in [6, 6.07) is 5.96. The minimum absolute atomic E-state index is 0.183. The van der Waals surface area contributed by atoms with Gasteiger partial charge >= 0.3 is 11.8 Å². The first-order valence-electron chi connectivity index (χ1n) is 13.1. The number of nitrogens with two attached hydrogens (primary N) is 1. The number of aromatic nitrogens is 3. The van der Waals surface area contributed by atoms with Crippen LogP contribution in [-0.4, -0.2) is 51.2 Å². The molecule has 3 N–H and O–H groups in total. The molecule has 5 heterocycles. The number of pyridine rings is 1. The third-order valence-corrected chi connectivity index (χ3v) is 7.67. The Kier molecular flexibility index (Phi) is 6.19. The zero-order chi connectivity index (χ0) is 25.5. The predicted octanol–water partition coefficient (Wildman–Crippen LogP) is 3.59. The van der Waals surface area contributed by atoms with Crippen LogP contribution in [0.15, 0.2) is 30.6 Å². The predicted molar refractivity (Wildman–Crippen MR) is 138 cm³/mol. The summed E-state index contributed by atoms with van der Waals surface area (Å²) in [4.78, 5) is 32.7. The van der Waals surface area contributed by atoms with Crippen LogP contribution in [0.5, 0.6) is 5.75 Å². The highest BCUT2D eigenvalue weighted by Gasteiger charge is 2.35. The van der Waals surface area contributed by atoms with Crippen LogP contribution >= 0.6 is 0 Å². The van der Waals surface area contributed by atoms with Gasteiger partial charge in [-0.25, -0.2) is 9.67 Å². The Labute approximate surface area is 215 Å². The number of hydrogen-bond donors (Lipinski definition) is 2. The summed E-state index contributed by atoms with van der Waals surface area (Å²) < 4.78 is 13.3. The standard InChI is InChI=1S/C27H32N6O4/c1-16-5-8-21(18-7-6-17-9-11-36-22(17)12-18)32(14-16)27(35)26(34)30-20-13-29-25(28)19-15-33(31-24(19)20)23-4-2-3-10-37-23/h6-7,12-13,15-16,21,23H,2-5,8-11,14H2,1H3,(H2,28,29)(H,30,34). The Morgan fingerprint density at radius 3 is 2.89 bits per heavy atom. The van der Waals surface area contributed by atoms with Crippen molar-refractivity contribution in [3.63, 3.8) is 0 Å². The number of rotatable bonds is 3. The molecule has 1 aromatic carbocycles. The molecule has 2 fully saturated rings. The van der Waals surface area contributed by atoms with Gasteiger partial charge < -0.3 is 25.4 Å². The number of benzene rings is 1. The van der Waals surface area contributed by atoms with E-state index in [1.807, 2.05) is 6.07 Å². The number of ether oxygens (including phenoxy) is 2. The fourth-order valence-electron chi connectivity index (χ4n) is 5.63. The van der Waals surface area contributed by atoms with E-state index in [0.717, 1.165) is 49.8 Å². The molecular formula is C27H32N6O4. The van der Waals surface area contributed by atoms with Crippen LogP contribution < -0.4 is 15.8 Å². The van der Waals surface area contributed by atoms with Gasteiger partial charge in [-0.15, -0.1) is 0 Å². The summed E-state index contributed by atoms with van der Waals surface area (Å²) >= 11 is 0. The molecule has 10 nitrogen and oxygen atoms in total. The van der Waals surface area contributed by atoms with Gasteiger partial charge in [0, 0.05) is 25.8 Å². The SMILES string of the molecule is CC1CCC(c2ccc3c(c2)OCC3)N(C(=O)C(=O)Nc2cnc(N)c3cn(C4CCCCO4)nc23)C1. The van der Waals surface area contributed by atoms with E-state index in [1.165, 1.54) is 11.8 Å². The molecule has 3 aromatic rings. The molecule has 3 aliphatic rings. The summed E-state index contributed by atoms with van der Waals surface area (Å²) in [7, 11) is 0. The second-order valence-electron chi connectivity index (χ2n) is 10.3. The van der Waals surface area contributed by atoms with Crippen LogP contribution in [0.2, 0.25) is 0 Å². The number of carbonyl (C=O) groups is 2. The number of nitrogens with one attached hydrogen (secondary N) is 1. The molecule has 3 atom stereocenters. The molecule has 3 aliphatic heterocycles. The van der Waals surface area contributed by atoms with Crippen molar-refractivity contribution in [2.45, 2.75) is 57.7 Å². The van der Waals surface area contributed by atoms with Crippen LogP contribution in [0.3, 0.4) is 0 Å². The third-order valence-electron chi connectivity index (χ3n) is 7.67. The van der Waals surface area contributed by atoms with Crippen LogP contribution in [0, 0.1) is 5.92 Å². The van der Waals surface area contributed by atoms with Crippen molar-refractivity contribution >= 4 is 34.2 Å². The number of nitrogens with zero attached hydrogens (tertiary/aromatic N) is 4. The highest BCUT2D eigenvalue weighted by atomic mass is 16.5. The van der Waals surface area contributed by atoms with E-state index >= 15 is 0 Å². The first-order chi connectivity index (χ1) is 18.0. The zero-order valence-corrected chi connectivity index (χ0v) is 21.0. The molecule has 0 radical (unpaired) electrons. The van der Waals surface area contributed by atoms with Gasteiger partial charge in [0.25, 0.3) is 0 Å². The Morgan fingerprint density at radius 2 is 2.05 bits per heavy atom. The average molecular weight is 505 g/mol. The van der Waals surface area contributed by atoms with Crippen molar-refractivity contribution in [3.8, 4) is 5.75 Å². The largest absolute Gasteiger partial charge is 0.493 e. The van der Waals surface area contributed by atoms with Crippen molar-refractivity contribution < 1.29 is 19.1 Å². The van der Waals surface area contributed by atoms with Gasteiger partial charge in [-0.1, -0.05) is 19.1 Å². The van der Waals surface area contributed by atoms with Crippen molar-refractivity contribution in [1.82, 2.24) is 19.7 Å². The number of anilines is 2. The van der Waals surface area contributed by atoms with Crippen molar-refractivity contribution in [2.75, 3.05) is 30.8 Å². The van der Waals surface area contributed by atoms with E-state index in [-0.39, 0.29) is 12.3 Å². The van der Waals surface area contributed by atoms with Gasteiger partial charge in [0.2, 0.25) is 0 Å². The van der Waals surface area contributed by atoms with Gasteiger partial charge in [-0.2, -0.15) is 5.10 Å². The molecule has 2 amide bonds. The maximum absolute atomic E-state index is 13.5. The maximum Gasteiger partial charge on any atom is 0.314 e. The summed E-state index contributed by atoms with van der Waals surface area (Å²) in [5.41, 5.74) is 9.13. The molecule has 3 unspecified atom stereocenters. The molecule has 37 heavy (non-hydrogen) atoms. The van der Waals surface area contributed by atoms with Crippen LogP contribution in [-0.2, 0) is 20.7 Å². The van der Waals surface area contributed by atoms with E-state index < -0.39 is 11.8 Å². The van der Waals surface area contributed by atoms with E-state index in [0.29, 0.717) is 48.1 Å². The maximum atomic E-state index is 13.5. The molecule has 10 heteroatoms. The smallest absolute Gasteiger partial charge is 0.314 e. The van der Waals surface area contributed by atoms with Gasteiger partial charge in [0.05, 0.1) is 29.9 Å². The Balaban J connectivity index is 1.25. The molecule has 0 bridgehead atoms. The first kappa shape index (κ1) is 23.7. The number of hydrogen-bond acceptors (Lipinski definition) is 7. The lowest BCUT2D eigenvalue weighted by molar-refractivity contribution is -0.146. The van der Waals surface area contributed by atoms with E-state index in [4.69, 9.17) is 15.2 Å². The fraction of sp³-hybridized carbons (Fsp3) is 0.481. The van der Waals surface area contributed by atoms with Crippen LogP contribution in [0.1, 0.15) is 62.4 Å². The second-order valence-corrected chi connectivity index (χ2v) is 10.3. The quantitative estimate of drug-likeness (QED) is 0.522. The van der Waals surface area contributed by atoms with Gasteiger partial charge in [-0.3, -0.25) is 9.59 Å². The Bertz CT molecular complexity index is 1350. The fourth-order valence-corrected chi connectivity index (χ4v) is 5.63. The molecule has 2 saturated heterocycles. The van der Waals surface area contributed by atoms with Gasteiger partial charge in [0.1, 0.15) is 23.3 Å². The van der Waals surface area contributed by atoms with Crippen molar-refractivity contribution in [1.29, 1.82) is 0 Å². The first-order valence-corrected chi connectivity index (χ1v) is 13.1. The van der Waals surface area contributed by atoms with E-state index in [9.17, 15) is 9.59 Å². The topological polar surface area (TPSA) is 125 Å². The minimum Gasteiger partial charge on any atom is -0.493 e. The summed E-state index contributed by atoms with van der Waals surface area (Å²) in [6.45, 7) is 3.97. The monoisotopic (exact) mass is 504 g/mol. The van der Waals surface area contributed by atoms with Crippen molar-refractivity contribution in [3.05, 3.63) is 41.7 Å². The highest BCUT2D eigenvalue weighted by molar-refractivity contribution is 6.40. The van der Waals surface area contributed by atoms with E-state index in [2.05, 4.69) is 34.5 Å². The lowest BCUT2D eigenvalue weighted by Crippen LogP contribution is -2.46. The summed E-state index contributed by atoms with van der Waals surface area (Å²) in [6.07, 6.45) is 8.67. The molecule has 0 aliphatic carbocycles. The molecule has 0 saturated carbocycles. The second kappa shape index (κ2) is 9.66. The minimum atomic E-state index is -0.715. The lowest BCUT2D eigenvalue weighted by atomic mass is 9.89. The Morgan fingerprint density at radius 1 is 1.16 bits per heavy atom. The van der Waals surface area contributed by atoms with Gasteiger partial charge in [-0.05, 0) is 55.2 Å². The van der Waals surface area contributed by atoms with Crippen molar-refractivity contribution in [2.24, 2.45) is 5.92 Å². The Hall–Kier alpha value is -3.66. The van der Waals surface area contributed by atoms with E-state index in [1.54, 1.807) is 15.8 Å². The lowest BCUT2D eigenvalue weighted by Gasteiger charge is -2.38. The number of amides is 2. The zero-order valence-electron chi connectivity index (χ0n) is 21.0. The number of piperidine rings is 1. The molecular weight excluding hydrogens is 472 g/mol. The number of likely N-dealkylation sites (tertiary alicyclic amines) is 1. The molecule has 6 rings (SSSR count). The van der Waals surface area contributed by atoms with Crippen LogP contribution in [0.25, 0.3) is 10.9 Å². The van der Waals surface area contributed by atoms with Crippen LogP contribution in [0.4, 0.5) is 11.5 Å². The number of fused-ring (bicyclic) bond motifs is 2. The molecule has 194 valence electrons. The van der Waals surface area contributed by atoms with Gasteiger partial charge in [0.15, 0.2) is 0 Å². The highest BCUT2D eigenvalue weighted by Crippen LogP contribution is 2.37. The number of nitrogen functional groups attached to an aromatic ring is 1. The average Bonchev–Trinajstić information content (AvgIpc) is 3.58. The normalized spacial score (nSPS) is 23.5. The molecule has 2 aromatic heterocycles. The summed E-state index contributed by atoms with van der Waals surface area (Å²) in [5, 5.41) is 8.03.